The van der Waals surface area contributed by atoms with Crippen molar-refractivity contribution in [2.45, 2.75) is 58.3 Å². The number of hydrogen-bond acceptors (Lipinski definition) is 3. The van der Waals surface area contributed by atoms with Gasteiger partial charge in [0.25, 0.3) is 0 Å². The van der Waals surface area contributed by atoms with Crippen molar-refractivity contribution in [1.29, 1.82) is 0 Å². The molecule has 3 nitrogen and oxygen atoms in total. The molecule has 0 aliphatic carbocycles. The van der Waals surface area contributed by atoms with Crippen molar-refractivity contribution in [2.75, 3.05) is 0 Å². The number of benzene rings is 1. The third-order valence-corrected chi connectivity index (χ3v) is 4.39. The Morgan fingerprint density at radius 2 is 1.56 bits per heavy atom. The molecule has 0 spiro atoms. The summed E-state index contributed by atoms with van der Waals surface area (Å²) in [7, 11) is 0. The second-order valence-electron chi connectivity index (χ2n) is 6.43. The quantitative estimate of drug-likeness (QED) is 0.295. The van der Waals surface area contributed by atoms with Gasteiger partial charge in [-0.1, -0.05) is 76.3 Å². The van der Waals surface area contributed by atoms with Crippen molar-refractivity contribution in [3.63, 3.8) is 0 Å². The standard InChI is InChI=1S/C22H28N2O/c1-3-5-6-7-8-9-10-11-18-16-23-22(24-17-18)20-14-12-19(13-15-20)21(25)4-2/h4,12-17H,2-3,5-11H2,1H3. The van der Waals surface area contributed by atoms with E-state index in [1.54, 1.807) is 12.1 Å². The number of nitrogens with zero attached hydrogens (tertiary/aromatic N) is 2. The van der Waals surface area contributed by atoms with Crippen LogP contribution < -0.4 is 0 Å². The van der Waals surface area contributed by atoms with Crippen LogP contribution in [0.2, 0.25) is 0 Å². The average molecular weight is 336 g/mol. The first-order valence-corrected chi connectivity index (χ1v) is 9.32. The Kier molecular flexibility index (Phi) is 8.03. The largest absolute Gasteiger partial charge is 0.289 e. The normalized spacial score (nSPS) is 10.6. The highest BCUT2D eigenvalue weighted by atomic mass is 16.1. The van der Waals surface area contributed by atoms with E-state index in [4.69, 9.17) is 0 Å². The lowest BCUT2D eigenvalue weighted by molar-refractivity contribution is 0.104. The summed E-state index contributed by atoms with van der Waals surface area (Å²) >= 11 is 0. The summed E-state index contributed by atoms with van der Waals surface area (Å²) in [4.78, 5) is 20.5. The molecule has 0 saturated carbocycles. The van der Waals surface area contributed by atoms with E-state index < -0.39 is 0 Å². The number of aryl methyl sites for hydroxylation is 1. The molecule has 0 radical (unpaired) electrons. The molecule has 1 aromatic carbocycles. The Morgan fingerprint density at radius 1 is 0.960 bits per heavy atom. The van der Waals surface area contributed by atoms with Gasteiger partial charge in [-0.15, -0.1) is 0 Å². The number of unbranched alkanes of at least 4 members (excludes halogenated alkanes) is 6. The Morgan fingerprint density at radius 3 is 2.16 bits per heavy atom. The summed E-state index contributed by atoms with van der Waals surface area (Å²) in [6, 6.07) is 7.33. The van der Waals surface area contributed by atoms with E-state index >= 15 is 0 Å². The molecule has 25 heavy (non-hydrogen) atoms. The van der Waals surface area contributed by atoms with E-state index in [-0.39, 0.29) is 5.78 Å². The van der Waals surface area contributed by atoms with Crippen molar-refractivity contribution < 1.29 is 4.79 Å². The summed E-state index contributed by atoms with van der Waals surface area (Å²) in [5.74, 6) is 0.624. The van der Waals surface area contributed by atoms with Crippen LogP contribution in [-0.4, -0.2) is 15.8 Å². The SMILES string of the molecule is C=CC(=O)c1ccc(-c2ncc(CCCCCCCCC)cn2)cc1. The summed E-state index contributed by atoms with van der Waals surface area (Å²) in [5, 5.41) is 0. The van der Waals surface area contributed by atoms with Crippen molar-refractivity contribution >= 4 is 5.78 Å². The summed E-state index contributed by atoms with van der Waals surface area (Å²) in [6.45, 7) is 5.75. The van der Waals surface area contributed by atoms with Gasteiger partial charge in [0.2, 0.25) is 0 Å². The zero-order valence-electron chi connectivity index (χ0n) is 15.2. The molecule has 0 amide bonds. The molecular formula is C22H28N2O. The summed E-state index contributed by atoms with van der Waals surface area (Å²) in [5.41, 5.74) is 2.74. The molecule has 1 heterocycles. The smallest absolute Gasteiger partial charge is 0.185 e. The molecule has 2 rings (SSSR count). The molecule has 0 atom stereocenters. The fraction of sp³-hybridized carbons (Fsp3) is 0.409. The highest BCUT2D eigenvalue weighted by molar-refractivity contribution is 6.04. The van der Waals surface area contributed by atoms with Gasteiger partial charge in [-0.2, -0.15) is 0 Å². The molecule has 0 fully saturated rings. The van der Waals surface area contributed by atoms with Crippen molar-refractivity contribution in [3.05, 3.63) is 60.4 Å². The van der Waals surface area contributed by atoms with Crippen molar-refractivity contribution in [1.82, 2.24) is 9.97 Å². The van der Waals surface area contributed by atoms with Gasteiger partial charge in [0.15, 0.2) is 11.6 Å². The molecule has 0 aliphatic rings. The molecule has 0 saturated heterocycles. The Labute approximate surface area is 151 Å². The number of carbonyl (C=O) groups is 1. The first-order chi connectivity index (χ1) is 12.2. The second-order valence-corrected chi connectivity index (χ2v) is 6.43. The van der Waals surface area contributed by atoms with Gasteiger partial charge in [0.05, 0.1) is 0 Å². The van der Waals surface area contributed by atoms with Crippen LogP contribution in [0.15, 0.2) is 49.3 Å². The molecule has 0 N–H and O–H groups in total. The number of carbonyl (C=O) groups excluding carboxylic acids is 1. The van der Waals surface area contributed by atoms with E-state index in [0.717, 1.165) is 12.0 Å². The molecule has 132 valence electrons. The predicted molar refractivity (Wildman–Crippen MR) is 104 cm³/mol. The Hall–Kier alpha value is -2.29. The molecule has 0 bridgehead atoms. The van der Waals surface area contributed by atoms with E-state index in [1.807, 2.05) is 24.5 Å². The van der Waals surface area contributed by atoms with Crippen LogP contribution in [0.1, 0.15) is 67.8 Å². The van der Waals surface area contributed by atoms with Gasteiger partial charge >= 0.3 is 0 Å². The third kappa shape index (κ3) is 6.26. The third-order valence-electron chi connectivity index (χ3n) is 4.39. The minimum Gasteiger partial charge on any atom is -0.289 e. The minimum atomic E-state index is -0.0717. The zero-order valence-corrected chi connectivity index (χ0v) is 15.2. The number of aromatic nitrogens is 2. The van der Waals surface area contributed by atoms with Gasteiger partial charge in [0.1, 0.15) is 0 Å². The van der Waals surface area contributed by atoms with Crippen LogP contribution in [0, 0.1) is 0 Å². The van der Waals surface area contributed by atoms with Gasteiger partial charge in [-0.25, -0.2) is 9.97 Å². The minimum absolute atomic E-state index is 0.0717. The van der Waals surface area contributed by atoms with Crippen LogP contribution in [0.3, 0.4) is 0 Å². The molecule has 1 aromatic heterocycles. The van der Waals surface area contributed by atoms with E-state index in [1.165, 1.54) is 56.6 Å². The summed E-state index contributed by atoms with van der Waals surface area (Å²) in [6.07, 6.45) is 15.4. The molecule has 3 heteroatoms. The number of rotatable bonds is 11. The number of allylic oxidation sites excluding steroid dienone is 1. The first kappa shape index (κ1) is 19.0. The van der Waals surface area contributed by atoms with Crippen molar-refractivity contribution in [2.24, 2.45) is 0 Å². The lowest BCUT2D eigenvalue weighted by Crippen LogP contribution is -1.95. The van der Waals surface area contributed by atoms with E-state index in [0.29, 0.717) is 11.4 Å². The van der Waals surface area contributed by atoms with Crippen LogP contribution >= 0.6 is 0 Å². The van der Waals surface area contributed by atoms with Gasteiger partial charge < -0.3 is 0 Å². The fourth-order valence-electron chi connectivity index (χ4n) is 2.82. The Balaban J connectivity index is 1.81. The fourth-order valence-corrected chi connectivity index (χ4v) is 2.82. The topological polar surface area (TPSA) is 42.9 Å². The second kappa shape index (κ2) is 10.5. The highest BCUT2D eigenvalue weighted by Gasteiger charge is 2.04. The van der Waals surface area contributed by atoms with Crippen LogP contribution in [0.4, 0.5) is 0 Å². The molecule has 0 aliphatic heterocycles. The lowest BCUT2D eigenvalue weighted by atomic mass is 10.1. The first-order valence-electron chi connectivity index (χ1n) is 9.32. The molecular weight excluding hydrogens is 308 g/mol. The number of ketones is 1. The monoisotopic (exact) mass is 336 g/mol. The Bertz CT molecular complexity index is 659. The summed E-state index contributed by atoms with van der Waals surface area (Å²) < 4.78 is 0. The maximum atomic E-state index is 11.6. The average Bonchev–Trinajstić information content (AvgIpc) is 2.67. The predicted octanol–water partition coefficient (Wildman–Crippen LogP) is 5.81. The van der Waals surface area contributed by atoms with Crippen LogP contribution in [-0.2, 0) is 6.42 Å². The number of hydrogen-bond donors (Lipinski definition) is 0. The van der Waals surface area contributed by atoms with Gasteiger partial charge in [-0.3, -0.25) is 4.79 Å². The maximum Gasteiger partial charge on any atom is 0.185 e. The zero-order chi connectivity index (χ0) is 17.9. The molecule has 0 unspecified atom stereocenters. The van der Waals surface area contributed by atoms with Crippen molar-refractivity contribution in [3.8, 4) is 11.4 Å². The molecule has 2 aromatic rings. The van der Waals surface area contributed by atoms with Gasteiger partial charge in [-0.05, 0) is 24.5 Å². The van der Waals surface area contributed by atoms with Crippen LogP contribution in [0.25, 0.3) is 11.4 Å². The van der Waals surface area contributed by atoms with Gasteiger partial charge in [0, 0.05) is 23.5 Å². The highest BCUT2D eigenvalue weighted by Crippen LogP contribution is 2.17. The van der Waals surface area contributed by atoms with Crippen LogP contribution in [0.5, 0.6) is 0 Å². The van der Waals surface area contributed by atoms with E-state index in [2.05, 4.69) is 23.5 Å². The maximum absolute atomic E-state index is 11.6. The lowest BCUT2D eigenvalue weighted by Gasteiger charge is -2.04. The van der Waals surface area contributed by atoms with E-state index in [9.17, 15) is 4.79 Å².